The minimum Gasteiger partial charge on any atom is -0.497 e. The molecule has 1 unspecified atom stereocenters. The highest BCUT2D eigenvalue weighted by Crippen LogP contribution is 2.33. The van der Waals surface area contributed by atoms with Gasteiger partial charge in [0.2, 0.25) is 0 Å². The lowest BCUT2D eigenvalue weighted by molar-refractivity contribution is -0.142. The maximum Gasteiger partial charge on any atom is 0.336 e. The fourth-order valence-electron chi connectivity index (χ4n) is 3.36. The Hall–Kier alpha value is -3.81. The summed E-state index contributed by atoms with van der Waals surface area (Å²) in [5.41, 5.74) is 0.271. The molecule has 1 heterocycles. The zero-order valence-corrected chi connectivity index (χ0v) is 17.6. The van der Waals surface area contributed by atoms with Crippen molar-refractivity contribution in [1.29, 1.82) is 0 Å². The Balaban J connectivity index is 2.05. The second kappa shape index (κ2) is 9.34. The Bertz CT molecular complexity index is 1180. The molecule has 3 aromatic rings. The monoisotopic (exact) mass is 426 g/mol. The van der Waals surface area contributed by atoms with E-state index in [0.717, 1.165) is 0 Å². The van der Waals surface area contributed by atoms with Crippen LogP contribution in [0, 0.1) is 0 Å². The molecule has 0 fully saturated rings. The molecular formula is C23H22O8. The summed E-state index contributed by atoms with van der Waals surface area (Å²) in [5, 5.41) is 0.510. The maximum atomic E-state index is 13.0. The van der Waals surface area contributed by atoms with E-state index in [4.69, 9.17) is 23.4 Å². The van der Waals surface area contributed by atoms with Crippen molar-refractivity contribution in [2.24, 2.45) is 0 Å². The third-order valence-corrected chi connectivity index (χ3v) is 4.94. The van der Waals surface area contributed by atoms with Crippen LogP contribution in [0.3, 0.4) is 0 Å². The van der Waals surface area contributed by atoms with E-state index in [1.807, 2.05) is 0 Å². The van der Waals surface area contributed by atoms with E-state index in [9.17, 15) is 14.4 Å². The normalized spacial score (nSPS) is 11.6. The smallest absolute Gasteiger partial charge is 0.336 e. The number of ether oxygens (including phenoxy) is 4. The van der Waals surface area contributed by atoms with E-state index < -0.39 is 17.5 Å². The first kappa shape index (κ1) is 21.9. The minimum absolute atomic E-state index is 0.216. The molecule has 2 aromatic carbocycles. The van der Waals surface area contributed by atoms with E-state index in [1.54, 1.807) is 30.3 Å². The number of carbonyl (C=O) groups excluding carboxylic acids is 2. The van der Waals surface area contributed by atoms with Gasteiger partial charge in [-0.15, -0.1) is 0 Å². The predicted molar refractivity (Wildman–Crippen MR) is 112 cm³/mol. The van der Waals surface area contributed by atoms with Gasteiger partial charge >= 0.3 is 11.6 Å². The average Bonchev–Trinajstić information content (AvgIpc) is 2.80. The number of rotatable bonds is 8. The molecule has 3 rings (SSSR count). The molecule has 0 aliphatic heterocycles. The predicted octanol–water partition coefficient (Wildman–Crippen LogP) is 3.35. The molecule has 8 nitrogen and oxygen atoms in total. The van der Waals surface area contributed by atoms with E-state index in [1.165, 1.54) is 40.6 Å². The molecular weight excluding hydrogens is 404 g/mol. The number of hydrogen-bond acceptors (Lipinski definition) is 8. The van der Waals surface area contributed by atoms with Crippen LogP contribution in [0.4, 0.5) is 0 Å². The van der Waals surface area contributed by atoms with Crippen molar-refractivity contribution < 1.29 is 33.0 Å². The fraction of sp³-hybridized carbons (Fsp3) is 0.261. The highest BCUT2D eigenvalue weighted by molar-refractivity contribution is 6.01. The molecule has 0 aliphatic rings. The van der Waals surface area contributed by atoms with Crippen LogP contribution in [0.5, 0.6) is 17.2 Å². The van der Waals surface area contributed by atoms with Crippen molar-refractivity contribution >= 4 is 22.7 Å². The van der Waals surface area contributed by atoms with Gasteiger partial charge in [0, 0.05) is 29.5 Å². The number of fused-ring (bicyclic) bond motifs is 1. The van der Waals surface area contributed by atoms with Gasteiger partial charge in [0.15, 0.2) is 17.3 Å². The van der Waals surface area contributed by atoms with Gasteiger partial charge in [-0.25, -0.2) is 4.79 Å². The van der Waals surface area contributed by atoms with Gasteiger partial charge in [-0.05, 0) is 35.9 Å². The van der Waals surface area contributed by atoms with Crippen LogP contribution < -0.4 is 19.8 Å². The SMILES string of the molecule is COC(=O)C(CC(=O)c1ccc(OC)c(OC)c1)c1cc(=O)oc2cc(OC)ccc12. The fourth-order valence-corrected chi connectivity index (χ4v) is 3.36. The van der Waals surface area contributed by atoms with Gasteiger partial charge in [0.1, 0.15) is 11.3 Å². The highest BCUT2D eigenvalue weighted by atomic mass is 16.5. The first-order chi connectivity index (χ1) is 14.9. The first-order valence-electron chi connectivity index (χ1n) is 9.36. The summed E-state index contributed by atoms with van der Waals surface area (Å²) in [6, 6.07) is 10.8. The number of benzene rings is 2. The first-order valence-corrected chi connectivity index (χ1v) is 9.36. The second-order valence-electron chi connectivity index (χ2n) is 6.66. The number of methoxy groups -OCH3 is 4. The van der Waals surface area contributed by atoms with Crippen molar-refractivity contribution in [3.63, 3.8) is 0 Å². The molecule has 1 aromatic heterocycles. The molecule has 0 amide bonds. The third kappa shape index (κ3) is 4.53. The topological polar surface area (TPSA) is 101 Å². The van der Waals surface area contributed by atoms with Gasteiger partial charge < -0.3 is 23.4 Å². The number of ketones is 1. The quantitative estimate of drug-likeness (QED) is 0.307. The Labute approximate surface area is 178 Å². The van der Waals surface area contributed by atoms with Crippen LogP contribution in [-0.4, -0.2) is 40.2 Å². The number of carbonyl (C=O) groups is 2. The summed E-state index contributed by atoms with van der Waals surface area (Å²) in [6.45, 7) is 0. The van der Waals surface area contributed by atoms with Crippen molar-refractivity contribution in [2.45, 2.75) is 12.3 Å². The highest BCUT2D eigenvalue weighted by Gasteiger charge is 2.28. The van der Waals surface area contributed by atoms with Crippen molar-refractivity contribution in [3.8, 4) is 17.2 Å². The Morgan fingerprint density at radius 2 is 1.65 bits per heavy atom. The average molecular weight is 426 g/mol. The minimum atomic E-state index is -1.01. The lowest BCUT2D eigenvalue weighted by Gasteiger charge is -2.17. The molecule has 0 radical (unpaired) electrons. The van der Waals surface area contributed by atoms with Gasteiger partial charge in [0.05, 0.1) is 34.4 Å². The third-order valence-electron chi connectivity index (χ3n) is 4.94. The van der Waals surface area contributed by atoms with E-state index >= 15 is 0 Å². The molecule has 0 bridgehead atoms. The van der Waals surface area contributed by atoms with Gasteiger partial charge in [0.25, 0.3) is 0 Å². The summed E-state index contributed by atoms with van der Waals surface area (Å²) >= 11 is 0. The lowest BCUT2D eigenvalue weighted by atomic mass is 9.89. The number of Topliss-reactive ketones (excluding diaryl/α,β-unsaturated/α-hetero) is 1. The van der Waals surface area contributed by atoms with Gasteiger partial charge in [-0.3, -0.25) is 9.59 Å². The summed E-state index contributed by atoms with van der Waals surface area (Å²) in [4.78, 5) is 37.8. The van der Waals surface area contributed by atoms with Crippen LogP contribution in [-0.2, 0) is 9.53 Å². The molecule has 0 aliphatic carbocycles. The van der Waals surface area contributed by atoms with Gasteiger partial charge in [-0.2, -0.15) is 0 Å². The molecule has 31 heavy (non-hydrogen) atoms. The van der Waals surface area contributed by atoms with E-state index in [2.05, 4.69) is 0 Å². The van der Waals surface area contributed by atoms with E-state index in [0.29, 0.717) is 33.8 Å². The molecule has 8 heteroatoms. The zero-order valence-electron chi connectivity index (χ0n) is 17.6. The standard InChI is InChI=1S/C23H22O8/c1-27-14-6-7-15-16(12-22(25)31-20(15)10-14)17(23(26)30-4)11-18(24)13-5-8-19(28-2)21(9-13)29-3/h5-10,12,17H,11H2,1-4H3. The van der Waals surface area contributed by atoms with Gasteiger partial charge in [-0.1, -0.05) is 0 Å². The largest absolute Gasteiger partial charge is 0.497 e. The van der Waals surface area contributed by atoms with Crippen molar-refractivity contribution in [2.75, 3.05) is 28.4 Å². The lowest BCUT2D eigenvalue weighted by Crippen LogP contribution is -2.20. The molecule has 0 saturated heterocycles. The number of hydrogen-bond donors (Lipinski definition) is 0. The molecule has 0 N–H and O–H groups in total. The van der Waals surface area contributed by atoms with Crippen LogP contribution in [0.25, 0.3) is 11.0 Å². The Kier molecular flexibility index (Phi) is 6.59. The molecule has 162 valence electrons. The van der Waals surface area contributed by atoms with Crippen LogP contribution >= 0.6 is 0 Å². The van der Waals surface area contributed by atoms with Crippen molar-refractivity contribution in [3.05, 3.63) is 64.0 Å². The molecule has 0 spiro atoms. The molecule has 0 saturated carbocycles. The summed E-state index contributed by atoms with van der Waals surface area (Å²) < 4.78 is 25.8. The summed E-state index contributed by atoms with van der Waals surface area (Å²) in [6.07, 6.45) is -0.216. The summed E-state index contributed by atoms with van der Waals surface area (Å²) in [5.74, 6) is -0.623. The van der Waals surface area contributed by atoms with Crippen LogP contribution in [0.15, 0.2) is 51.7 Å². The van der Waals surface area contributed by atoms with Crippen LogP contribution in [0.2, 0.25) is 0 Å². The number of esters is 1. The summed E-state index contributed by atoms with van der Waals surface area (Å²) in [7, 11) is 5.68. The second-order valence-corrected chi connectivity index (χ2v) is 6.66. The van der Waals surface area contributed by atoms with E-state index in [-0.39, 0.29) is 17.8 Å². The van der Waals surface area contributed by atoms with Crippen LogP contribution in [0.1, 0.15) is 28.3 Å². The molecule has 1 atom stereocenters. The van der Waals surface area contributed by atoms with Crippen molar-refractivity contribution in [1.82, 2.24) is 0 Å². The zero-order chi connectivity index (χ0) is 22.5. The Morgan fingerprint density at radius 1 is 0.903 bits per heavy atom. The Morgan fingerprint density at radius 3 is 2.29 bits per heavy atom. The maximum absolute atomic E-state index is 13.0.